The Bertz CT molecular complexity index is 1110. The van der Waals surface area contributed by atoms with Crippen LogP contribution >= 0.6 is 0 Å². The van der Waals surface area contributed by atoms with Gasteiger partial charge in [-0.1, -0.05) is 24.3 Å². The van der Waals surface area contributed by atoms with Crippen molar-refractivity contribution in [2.24, 2.45) is 5.73 Å². The van der Waals surface area contributed by atoms with Gasteiger partial charge in [0.1, 0.15) is 29.6 Å². The van der Waals surface area contributed by atoms with Crippen LogP contribution in [-0.2, 0) is 32.0 Å². The van der Waals surface area contributed by atoms with Crippen LogP contribution in [0.3, 0.4) is 0 Å². The van der Waals surface area contributed by atoms with Crippen LogP contribution in [0, 0.1) is 0 Å². The number of nitrogens with two attached hydrogens (primary N) is 1. The second-order valence-electron chi connectivity index (χ2n) is 8.72. The first kappa shape index (κ1) is 30.0. The number of carboxylic acid groups (broad SMARTS) is 1. The molecule has 13 nitrogen and oxygen atoms in total. The Morgan fingerprint density at radius 2 is 1.24 bits per heavy atom. The van der Waals surface area contributed by atoms with E-state index in [0.717, 1.165) is 0 Å². The lowest BCUT2D eigenvalue weighted by Gasteiger charge is -2.25. The maximum atomic E-state index is 12.8. The number of aliphatic hydroxyl groups is 2. The molecular weight excluding hydrogens is 500 g/mol. The highest BCUT2D eigenvalue weighted by atomic mass is 16.4. The van der Waals surface area contributed by atoms with E-state index < -0.39 is 60.6 Å². The highest BCUT2D eigenvalue weighted by Crippen LogP contribution is 2.12. The molecule has 0 heterocycles. The van der Waals surface area contributed by atoms with E-state index in [9.17, 15) is 44.7 Å². The van der Waals surface area contributed by atoms with Crippen LogP contribution in [0.2, 0.25) is 0 Å². The molecule has 0 spiro atoms. The molecule has 0 radical (unpaired) electrons. The van der Waals surface area contributed by atoms with E-state index in [4.69, 9.17) is 5.73 Å². The van der Waals surface area contributed by atoms with Crippen molar-refractivity contribution in [3.8, 4) is 11.5 Å². The molecule has 206 valence electrons. The Labute approximate surface area is 218 Å². The first-order valence-electron chi connectivity index (χ1n) is 11.7. The summed E-state index contributed by atoms with van der Waals surface area (Å²) < 4.78 is 0. The van der Waals surface area contributed by atoms with E-state index in [1.807, 2.05) is 0 Å². The number of benzene rings is 2. The van der Waals surface area contributed by atoms with Crippen molar-refractivity contribution in [1.82, 2.24) is 16.0 Å². The Kier molecular flexibility index (Phi) is 11.0. The smallest absolute Gasteiger partial charge is 0.326 e. The van der Waals surface area contributed by atoms with Crippen LogP contribution in [-0.4, -0.2) is 86.1 Å². The molecule has 0 saturated heterocycles. The van der Waals surface area contributed by atoms with Crippen LogP contribution in [0.4, 0.5) is 0 Å². The predicted octanol–water partition coefficient (Wildman–Crippen LogP) is -1.88. The van der Waals surface area contributed by atoms with Crippen LogP contribution in [0.1, 0.15) is 18.1 Å². The number of carbonyl (C=O) groups excluding carboxylic acids is 3. The van der Waals surface area contributed by atoms with E-state index in [1.165, 1.54) is 43.3 Å². The topological polar surface area (TPSA) is 232 Å². The zero-order valence-electron chi connectivity index (χ0n) is 20.6. The minimum atomic E-state index is -1.59. The minimum absolute atomic E-state index is 0.0196. The van der Waals surface area contributed by atoms with Crippen molar-refractivity contribution in [2.75, 3.05) is 6.61 Å². The lowest BCUT2D eigenvalue weighted by Crippen LogP contribution is -2.60. The van der Waals surface area contributed by atoms with Crippen LogP contribution in [0.15, 0.2) is 48.5 Å². The van der Waals surface area contributed by atoms with Gasteiger partial charge < -0.3 is 47.2 Å². The molecule has 0 bridgehead atoms. The van der Waals surface area contributed by atoms with Gasteiger partial charge in [0.2, 0.25) is 17.7 Å². The summed E-state index contributed by atoms with van der Waals surface area (Å²) in [5, 5.41) is 54.7. The number of carboxylic acids is 1. The van der Waals surface area contributed by atoms with Gasteiger partial charge >= 0.3 is 5.97 Å². The predicted molar refractivity (Wildman–Crippen MR) is 134 cm³/mol. The number of aliphatic hydroxyl groups excluding tert-OH is 2. The number of aliphatic carboxylic acids is 1. The van der Waals surface area contributed by atoms with E-state index in [2.05, 4.69) is 16.0 Å². The highest BCUT2D eigenvalue weighted by Gasteiger charge is 2.32. The standard InChI is InChI=1S/C25H32N4O9/c1-13(31)21(29-22(34)18(26)10-14-2-6-16(32)7-3-14)24(36)28-20(12-30)23(35)27-19(25(37)38)11-15-4-8-17(33)9-5-15/h2-9,13,18-21,30-33H,10-12,26H2,1H3,(H,27,35)(H,28,36)(H,29,34)(H,37,38). The normalized spacial score (nSPS) is 14.8. The number of hydrogen-bond donors (Lipinski definition) is 9. The lowest BCUT2D eigenvalue weighted by atomic mass is 10.0. The number of phenols is 2. The molecule has 2 rings (SSSR count). The van der Waals surface area contributed by atoms with Crippen molar-refractivity contribution < 1.29 is 44.7 Å². The fourth-order valence-corrected chi connectivity index (χ4v) is 3.44. The van der Waals surface area contributed by atoms with Crippen molar-refractivity contribution in [2.45, 2.75) is 50.0 Å². The summed E-state index contributed by atoms with van der Waals surface area (Å²) in [6, 6.07) is 5.99. The first-order valence-corrected chi connectivity index (χ1v) is 11.7. The van der Waals surface area contributed by atoms with Gasteiger partial charge in [-0.05, 0) is 48.7 Å². The van der Waals surface area contributed by atoms with Crippen molar-refractivity contribution in [3.05, 3.63) is 59.7 Å². The summed E-state index contributed by atoms with van der Waals surface area (Å²) in [4.78, 5) is 49.6. The first-order chi connectivity index (χ1) is 17.9. The zero-order valence-corrected chi connectivity index (χ0v) is 20.6. The number of rotatable bonds is 13. The Morgan fingerprint density at radius 3 is 1.68 bits per heavy atom. The van der Waals surface area contributed by atoms with Crippen molar-refractivity contribution in [3.63, 3.8) is 0 Å². The Morgan fingerprint density at radius 1 is 0.763 bits per heavy atom. The summed E-state index contributed by atoms with van der Waals surface area (Å²) in [5.74, 6) is -4.14. The largest absolute Gasteiger partial charge is 0.508 e. The van der Waals surface area contributed by atoms with Gasteiger partial charge in [-0.3, -0.25) is 14.4 Å². The average molecular weight is 533 g/mol. The summed E-state index contributed by atoms with van der Waals surface area (Å²) in [6.07, 6.45) is -1.48. The fraction of sp³-hybridized carbons (Fsp3) is 0.360. The van der Waals surface area contributed by atoms with Crippen LogP contribution < -0.4 is 21.7 Å². The molecule has 0 aliphatic heterocycles. The molecule has 5 atom stereocenters. The SMILES string of the molecule is CC(O)C(NC(=O)C(N)Cc1ccc(O)cc1)C(=O)NC(CO)C(=O)NC(Cc1ccc(O)cc1)C(=O)O. The Balaban J connectivity index is 2.02. The number of aromatic hydroxyl groups is 2. The van der Waals surface area contributed by atoms with Gasteiger partial charge in [-0.25, -0.2) is 4.79 Å². The van der Waals surface area contributed by atoms with Gasteiger partial charge in [0.15, 0.2) is 0 Å². The summed E-state index contributed by atoms with van der Waals surface area (Å²) in [7, 11) is 0. The molecule has 3 amide bonds. The maximum Gasteiger partial charge on any atom is 0.326 e. The van der Waals surface area contributed by atoms with E-state index in [1.54, 1.807) is 12.1 Å². The quantitative estimate of drug-likeness (QED) is 0.139. The van der Waals surface area contributed by atoms with E-state index >= 15 is 0 Å². The minimum Gasteiger partial charge on any atom is -0.508 e. The molecule has 13 heteroatoms. The average Bonchev–Trinajstić information content (AvgIpc) is 2.87. The van der Waals surface area contributed by atoms with Gasteiger partial charge in [0, 0.05) is 6.42 Å². The molecule has 2 aromatic rings. The number of amides is 3. The second kappa shape index (κ2) is 13.9. The molecule has 0 aliphatic carbocycles. The number of nitrogens with one attached hydrogen (secondary N) is 3. The number of phenolic OH excluding ortho intramolecular Hbond substituents is 2. The van der Waals surface area contributed by atoms with Gasteiger partial charge in [0.25, 0.3) is 0 Å². The summed E-state index contributed by atoms with van der Waals surface area (Å²) in [6.45, 7) is 0.326. The lowest BCUT2D eigenvalue weighted by molar-refractivity contribution is -0.142. The van der Waals surface area contributed by atoms with E-state index in [-0.39, 0.29) is 24.3 Å². The van der Waals surface area contributed by atoms with Crippen molar-refractivity contribution in [1.29, 1.82) is 0 Å². The summed E-state index contributed by atoms with van der Waals surface area (Å²) in [5.41, 5.74) is 7.04. The number of hydrogen-bond acceptors (Lipinski definition) is 9. The molecule has 0 fully saturated rings. The molecular formula is C25H32N4O9. The summed E-state index contributed by atoms with van der Waals surface area (Å²) >= 11 is 0. The monoisotopic (exact) mass is 532 g/mol. The van der Waals surface area contributed by atoms with Gasteiger partial charge in [-0.15, -0.1) is 0 Å². The third-order valence-corrected chi connectivity index (χ3v) is 5.60. The van der Waals surface area contributed by atoms with Crippen LogP contribution in [0.25, 0.3) is 0 Å². The molecule has 0 aromatic heterocycles. The molecule has 10 N–H and O–H groups in total. The zero-order chi connectivity index (χ0) is 28.4. The molecule has 5 unspecified atom stereocenters. The fourth-order valence-electron chi connectivity index (χ4n) is 3.44. The third-order valence-electron chi connectivity index (χ3n) is 5.60. The van der Waals surface area contributed by atoms with Crippen molar-refractivity contribution >= 4 is 23.7 Å². The second-order valence-corrected chi connectivity index (χ2v) is 8.72. The molecule has 2 aromatic carbocycles. The number of carbonyl (C=O) groups is 4. The molecule has 38 heavy (non-hydrogen) atoms. The molecule has 0 saturated carbocycles. The van der Waals surface area contributed by atoms with Gasteiger partial charge in [0.05, 0.1) is 18.8 Å². The van der Waals surface area contributed by atoms with Crippen LogP contribution in [0.5, 0.6) is 11.5 Å². The molecule has 0 aliphatic rings. The van der Waals surface area contributed by atoms with E-state index in [0.29, 0.717) is 11.1 Å². The maximum absolute atomic E-state index is 12.8. The van der Waals surface area contributed by atoms with Gasteiger partial charge in [-0.2, -0.15) is 0 Å². The highest BCUT2D eigenvalue weighted by molar-refractivity contribution is 5.94. The third kappa shape index (κ3) is 9.03. The Hall–Kier alpha value is -4.20.